The fraction of sp³-hybridized carbons (Fsp3) is 0.455. The Labute approximate surface area is 84.3 Å². The topological polar surface area (TPSA) is 72.0 Å². The Bertz CT molecular complexity index is 284. The van der Waals surface area contributed by atoms with E-state index in [0.29, 0.717) is 6.42 Å². The second-order valence-electron chi connectivity index (χ2n) is 3.40. The summed E-state index contributed by atoms with van der Waals surface area (Å²) in [5.74, 6) is 0. The number of aliphatic hydroxyl groups excluding tert-OH is 2. The molecule has 0 heterocycles. The standard InChI is InChI=1S/C11H16O2.H2O/c1-8-4-3-5-10(9(8)2)6-11(13)7-12;/h3-5,11-13H,6-7H2,1-2H3;1H2. The molecule has 3 heteroatoms. The predicted octanol–water partition coefficient (Wildman–Crippen LogP) is 0.374. The van der Waals surface area contributed by atoms with Crippen LogP contribution < -0.4 is 0 Å². The Kier molecular flexibility index (Phi) is 5.38. The van der Waals surface area contributed by atoms with E-state index >= 15 is 0 Å². The normalized spacial score (nSPS) is 12.0. The van der Waals surface area contributed by atoms with Gasteiger partial charge in [-0.3, -0.25) is 0 Å². The molecule has 0 aliphatic rings. The molecule has 1 aromatic rings. The summed E-state index contributed by atoms with van der Waals surface area (Å²) in [5, 5.41) is 18.0. The highest BCUT2D eigenvalue weighted by atomic mass is 16.3. The Balaban J connectivity index is 0.00000169. The zero-order valence-electron chi connectivity index (χ0n) is 8.62. The van der Waals surface area contributed by atoms with Crippen LogP contribution in [0.4, 0.5) is 0 Å². The van der Waals surface area contributed by atoms with Gasteiger partial charge in [-0.05, 0) is 30.5 Å². The Morgan fingerprint density at radius 3 is 2.50 bits per heavy atom. The van der Waals surface area contributed by atoms with Gasteiger partial charge in [0.2, 0.25) is 0 Å². The highest BCUT2D eigenvalue weighted by Gasteiger charge is 2.06. The maximum Gasteiger partial charge on any atom is 0.0811 e. The van der Waals surface area contributed by atoms with Crippen LogP contribution >= 0.6 is 0 Å². The minimum absolute atomic E-state index is 0. The summed E-state index contributed by atoms with van der Waals surface area (Å²) < 4.78 is 0. The van der Waals surface area contributed by atoms with E-state index in [-0.39, 0.29) is 12.1 Å². The van der Waals surface area contributed by atoms with Crippen LogP contribution in [0.1, 0.15) is 16.7 Å². The van der Waals surface area contributed by atoms with Crippen molar-refractivity contribution in [1.82, 2.24) is 0 Å². The third-order valence-electron chi connectivity index (χ3n) is 2.38. The average Bonchev–Trinajstić information content (AvgIpc) is 2.13. The van der Waals surface area contributed by atoms with Crippen LogP contribution in [0, 0.1) is 13.8 Å². The monoisotopic (exact) mass is 198 g/mol. The molecule has 80 valence electrons. The fourth-order valence-electron chi connectivity index (χ4n) is 1.35. The minimum Gasteiger partial charge on any atom is -0.412 e. The van der Waals surface area contributed by atoms with Gasteiger partial charge in [-0.2, -0.15) is 0 Å². The number of hydrogen-bond donors (Lipinski definition) is 2. The molecule has 0 saturated carbocycles. The highest BCUT2D eigenvalue weighted by molar-refractivity contribution is 5.33. The van der Waals surface area contributed by atoms with Gasteiger partial charge in [0, 0.05) is 6.42 Å². The molecule has 1 rings (SSSR count). The minimum atomic E-state index is -0.638. The molecule has 0 spiro atoms. The lowest BCUT2D eigenvalue weighted by Gasteiger charge is -2.11. The molecule has 0 aliphatic heterocycles. The number of aryl methyl sites for hydroxylation is 1. The van der Waals surface area contributed by atoms with Crippen LogP contribution in [0.3, 0.4) is 0 Å². The first-order valence-electron chi connectivity index (χ1n) is 4.49. The summed E-state index contributed by atoms with van der Waals surface area (Å²) in [6.07, 6.45) is -0.107. The first kappa shape index (κ1) is 13.1. The zero-order chi connectivity index (χ0) is 9.84. The maximum atomic E-state index is 9.28. The Morgan fingerprint density at radius 1 is 1.29 bits per heavy atom. The van der Waals surface area contributed by atoms with Gasteiger partial charge in [0.05, 0.1) is 12.7 Å². The third kappa shape index (κ3) is 3.10. The summed E-state index contributed by atoms with van der Waals surface area (Å²) in [5.41, 5.74) is 3.54. The van der Waals surface area contributed by atoms with E-state index in [1.54, 1.807) is 0 Å². The smallest absolute Gasteiger partial charge is 0.0811 e. The molecule has 0 bridgehead atoms. The van der Waals surface area contributed by atoms with Crippen molar-refractivity contribution in [2.24, 2.45) is 0 Å². The molecule has 0 radical (unpaired) electrons. The van der Waals surface area contributed by atoms with E-state index in [9.17, 15) is 5.11 Å². The number of hydrogen-bond acceptors (Lipinski definition) is 2. The van der Waals surface area contributed by atoms with Crippen molar-refractivity contribution in [2.45, 2.75) is 26.4 Å². The molecule has 0 saturated heterocycles. The van der Waals surface area contributed by atoms with Gasteiger partial charge in [0.25, 0.3) is 0 Å². The average molecular weight is 198 g/mol. The largest absolute Gasteiger partial charge is 0.412 e. The fourth-order valence-corrected chi connectivity index (χ4v) is 1.35. The number of aliphatic hydroxyl groups is 2. The molecule has 0 amide bonds. The van der Waals surface area contributed by atoms with Crippen molar-refractivity contribution in [2.75, 3.05) is 6.61 Å². The maximum absolute atomic E-state index is 9.28. The molecule has 3 nitrogen and oxygen atoms in total. The van der Waals surface area contributed by atoms with Crippen LogP contribution in [-0.4, -0.2) is 28.4 Å². The van der Waals surface area contributed by atoms with Crippen LogP contribution in [0.25, 0.3) is 0 Å². The summed E-state index contributed by atoms with van der Waals surface area (Å²) in [7, 11) is 0. The van der Waals surface area contributed by atoms with Gasteiger partial charge >= 0.3 is 0 Å². The molecule has 1 unspecified atom stereocenters. The molecule has 1 atom stereocenters. The van der Waals surface area contributed by atoms with Gasteiger partial charge in [-0.25, -0.2) is 0 Å². The van der Waals surface area contributed by atoms with Gasteiger partial charge in [0.1, 0.15) is 0 Å². The van der Waals surface area contributed by atoms with Crippen molar-refractivity contribution >= 4 is 0 Å². The second kappa shape index (κ2) is 5.75. The van der Waals surface area contributed by atoms with E-state index in [1.807, 2.05) is 32.0 Å². The van der Waals surface area contributed by atoms with E-state index < -0.39 is 6.10 Å². The van der Waals surface area contributed by atoms with Crippen molar-refractivity contribution in [3.63, 3.8) is 0 Å². The lowest BCUT2D eigenvalue weighted by molar-refractivity contribution is 0.0954. The Hall–Kier alpha value is -0.900. The van der Waals surface area contributed by atoms with Gasteiger partial charge in [-0.15, -0.1) is 0 Å². The van der Waals surface area contributed by atoms with Gasteiger partial charge < -0.3 is 15.7 Å². The quantitative estimate of drug-likeness (QED) is 0.736. The molecular weight excluding hydrogens is 180 g/mol. The number of benzene rings is 1. The van der Waals surface area contributed by atoms with Crippen molar-refractivity contribution in [1.29, 1.82) is 0 Å². The predicted molar refractivity (Wildman–Crippen MR) is 56.3 cm³/mol. The van der Waals surface area contributed by atoms with Gasteiger partial charge in [0.15, 0.2) is 0 Å². The summed E-state index contributed by atoms with van der Waals surface area (Å²) in [6, 6.07) is 6.01. The van der Waals surface area contributed by atoms with Crippen LogP contribution in [0.15, 0.2) is 18.2 Å². The van der Waals surface area contributed by atoms with E-state index in [2.05, 4.69) is 0 Å². The van der Waals surface area contributed by atoms with E-state index in [4.69, 9.17) is 5.11 Å². The first-order chi connectivity index (χ1) is 6.15. The molecule has 4 N–H and O–H groups in total. The molecule has 0 aliphatic carbocycles. The first-order valence-corrected chi connectivity index (χ1v) is 4.49. The van der Waals surface area contributed by atoms with Crippen LogP contribution in [0.2, 0.25) is 0 Å². The Morgan fingerprint density at radius 2 is 1.93 bits per heavy atom. The number of rotatable bonds is 3. The third-order valence-corrected chi connectivity index (χ3v) is 2.38. The SMILES string of the molecule is Cc1cccc(CC(O)CO)c1C.O. The summed E-state index contributed by atoms with van der Waals surface area (Å²) in [6.45, 7) is 3.91. The second-order valence-corrected chi connectivity index (χ2v) is 3.40. The molecular formula is C11H18O3. The van der Waals surface area contributed by atoms with Crippen molar-refractivity contribution < 1.29 is 15.7 Å². The molecule has 0 aromatic heterocycles. The lowest BCUT2D eigenvalue weighted by Crippen LogP contribution is -2.15. The van der Waals surface area contributed by atoms with Crippen molar-refractivity contribution in [3.8, 4) is 0 Å². The summed E-state index contributed by atoms with van der Waals surface area (Å²) >= 11 is 0. The van der Waals surface area contributed by atoms with Gasteiger partial charge in [-0.1, -0.05) is 18.2 Å². The zero-order valence-corrected chi connectivity index (χ0v) is 8.62. The highest BCUT2D eigenvalue weighted by Crippen LogP contribution is 2.14. The molecule has 14 heavy (non-hydrogen) atoms. The van der Waals surface area contributed by atoms with Crippen LogP contribution in [-0.2, 0) is 6.42 Å². The van der Waals surface area contributed by atoms with E-state index in [0.717, 1.165) is 5.56 Å². The lowest BCUT2D eigenvalue weighted by atomic mass is 9.99. The molecule has 1 aromatic carbocycles. The van der Waals surface area contributed by atoms with Crippen LogP contribution in [0.5, 0.6) is 0 Å². The molecule has 0 fully saturated rings. The summed E-state index contributed by atoms with van der Waals surface area (Å²) in [4.78, 5) is 0. The van der Waals surface area contributed by atoms with Crippen molar-refractivity contribution in [3.05, 3.63) is 34.9 Å². The van der Waals surface area contributed by atoms with E-state index in [1.165, 1.54) is 11.1 Å².